The number of hydrogen-bond donors (Lipinski definition) is 1. The fourth-order valence-corrected chi connectivity index (χ4v) is 5.82. The molecular weight excluding hydrogens is 671 g/mol. The van der Waals surface area contributed by atoms with Crippen LogP contribution in [-0.2, 0) is 19.1 Å². The number of rotatable bonds is 9. The highest BCUT2D eigenvalue weighted by atomic mass is 127. The summed E-state index contributed by atoms with van der Waals surface area (Å²) in [5, 5.41) is 4.13. The van der Waals surface area contributed by atoms with E-state index in [4.69, 9.17) is 18.8 Å². The molecular formula is C34H53IN4O5. The molecule has 2 aromatic rings. The molecule has 2 aliphatic heterocycles. The predicted octanol–water partition coefficient (Wildman–Crippen LogP) is 5.86. The molecule has 0 aliphatic carbocycles. The fraction of sp³-hybridized carbons (Fsp3) is 0.618. The van der Waals surface area contributed by atoms with Gasteiger partial charge in [0.25, 0.3) is 0 Å². The molecule has 4 rings (SSSR count). The van der Waals surface area contributed by atoms with Crippen molar-refractivity contribution in [3.05, 3.63) is 47.2 Å². The highest BCUT2D eigenvalue weighted by molar-refractivity contribution is 14.1. The number of hydrogen-bond acceptors (Lipinski definition) is 8. The Morgan fingerprint density at radius 2 is 1.64 bits per heavy atom. The second-order valence-corrected chi connectivity index (χ2v) is 11.3. The maximum Gasteiger partial charge on any atom is 0.204 e. The number of likely N-dealkylation sites (tertiary alicyclic amines) is 1. The van der Waals surface area contributed by atoms with Gasteiger partial charge in [-0.25, -0.2) is 0 Å². The van der Waals surface area contributed by atoms with Crippen LogP contribution >= 0.6 is 22.6 Å². The Morgan fingerprint density at radius 1 is 1.05 bits per heavy atom. The molecule has 0 saturated carbocycles. The standard InChI is InChI=1S/C16H26N2O4.C16H21N.CH3I.CH3NO/c1-11(2)13(10-19)14-9-15(17-22-14)18-7-5-12(6-8-18)16(20-3)21-4;1-4-6-14-8-10-15(11-9-14)13(2)16-7-5-12-17(16)3;1-2;2-1-3/h9-13,16H,5-8H2,1-4H3;8-11,13,16H,5,7,12H2,1-3H3;1H3;1H,(H2,2,3)/t13-;;;/m0.../s1. The van der Waals surface area contributed by atoms with E-state index in [1.54, 1.807) is 14.2 Å². The topological polar surface area (TPSA) is 111 Å². The van der Waals surface area contributed by atoms with Gasteiger partial charge in [0, 0.05) is 50.9 Å². The molecule has 2 saturated heterocycles. The van der Waals surface area contributed by atoms with Crippen LogP contribution in [0.4, 0.5) is 5.82 Å². The van der Waals surface area contributed by atoms with Crippen molar-refractivity contribution in [3.63, 3.8) is 0 Å². The van der Waals surface area contributed by atoms with Crippen molar-refractivity contribution < 1.29 is 23.6 Å². The van der Waals surface area contributed by atoms with E-state index < -0.39 is 0 Å². The second kappa shape index (κ2) is 22.1. The SMILES string of the molecule is CC#Cc1ccc(C(C)C2CCCN2C)cc1.CI.COC(OC)C1CCN(c2cc([C@@H](C=O)C(C)C)on2)CC1.NC=O. The molecule has 9 nitrogen and oxygen atoms in total. The van der Waals surface area contributed by atoms with Crippen LogP contribution in [0.5, 0.6) is 0 Å². The maximum absolute atomic E-state index is 11.2. The first-order valence-electron chi connectivity index (χ1n) is 15.2. The number of likely N-dealkylation sites (N-methyl/N-ethyl adjacent to an activating group) is 1. The van der Waals surface area contributed by atoms with E-state index >= 15 is 0 Å². The minimum Gasteiger partial charge on any atom is -0.372 e. The van der Waals surface area contributed by atoms with Crippen molar-refractivity contribution in [2.75, 3.05) is 50.7 Å². The third-order valence-corrected chi connectivity index (χ3v) is 8.28. The van der Waals surface area contributed by atoms with Crippen molar-refractivity contribution in [3.8, 4) is 11.8 Å². The van der Waals surface area contributed by atoms with Gasteiger partial charge in [-0.15, -0.1) is 5.92 Å². The number of piperidine rings is 1. The fourth-order valence-electron chi connectivity index (χ4n) is 5.82. The Labute approximate surface area is 278 Å². The summed E-state index contributed by atoms with van der Waals surface area (Å²) in [6.07, 6.45) is 5.67. The number of ether oxygens (including phenoxy) is 2. The van der Waals surface area contributed by atoms with E-state index in [1.807, 2.05) is 31.8 Å². The van der Waals surface area contributed by atoms with Gasteiger partial charge in [-0.1, -0.05) is 66.6 Å². The molecule has 0 spiro atoms. The normalized spacial score (nSPS) is 18.0. The van der Waals surface area contributed by atoms with Gasteiger partial charge in [0.2, 0.25) is 6.41 Å². The largest absolute Gasteiger partial charge is 0.372 e. The second-order valence-electron chi connectivity index (χ2n) is 11.3. The number of benzene rings is 1. The zero-order chi connectivity index (χ0) is 33.1. The molecule has 2 N–H and O–H groups in total. The number of amides is 1. The summed E-state index contributed by atoms with van der Waals surface area (Å²) in [4.78, 5) is 26.4. The molecule has 1 aromatic carbocycles. The van der Waals surface area contributed by atoms with Gasteiger partial charge in [0.1, 0.15) is 12.0 Å². The lowest BCUT2D eigenvalue weighted by atomic mass is 9.91. The Morgan fingerprint density at radius 3 is 2.09 bits per heavy atom. The van der Waals surface area contributed by atoms with Crippen LogP contribution in [0, 0.1) is 23.7 Å². The Kier molecular flexibility index (Phi) is 19.9. The van der Waals surface area contributed by atoms with E-state index in [1.165, 1.54) is 24.9 Å². The third-order valence-electron chi connectivity index (χ3n) is 8.28. The zero-order valence-electron chi connectivity index (χ0n) is 27.8. The summed E-state index contributed by atoms with van der Waals surface area (Å²) in [6, 6.07) is 11.3. The van der Waals surface area contributed by atoms with Crippen LogP contribution in [0.3, 0.4) is 0 Å². The van der Waals surface area contributed by atoms with Gasteiger partial charge in [-0.2, -0.15) is 0 Å². The summed E-state index contributed by atoms with van der Waals surface area (Å²) in [5.41, 5.74) is 6.72. The highest BCUT2D eigenvalue weighted by Gasteiger charge is 2.29. The molecule has 2 fully saturated rings. The molecule has 3 atom stereocenters. The number of anilines is 1. The number of nitrogens with two attached hydrogens (primary N) is 1. The molecule has 3 heterocycles. The molecule has 246 valence electrons. The van der Waals surface area contributed by atoms with Gasteiger partial charge < -0.3 is 34.3 Å². The third kappa shape index (κ3) is 12.1. The first-order valence-corrected chi connectivity index (χ1v) is 17.4. The van der Waals surface area contributed by atoms with Gasteiger partial charge in [0.15, 0.2) is 12.1 Å². The molecule has 1 aromatic heterocycles. The first-order chi connectivity index (χ1) is 21.2. The molecule has 10 heteroatoms. The van der Waals surface area contributed by atoms with Crippen LogP contribution < -0.4 is 10.6 Å². The number of aldehydes is 1. The van der Waals surface area contributed by atoms with Crippen molar-refractivity contribution in [1.29, 1.82) is 0 Å². The maximum atomic E-state index is 11.2. The number of carbonyl (C=O) groups is 2. The van der Waals surface area contributed by atoms with E-state index in [0.29, 0.717) is 23.6 Å². The molecule has 0 bridgehead atoms. The average Bonchev–Trinajstić information content (AvgIpc) is 3.70. The highest BCUT2D eigenvalue weighted by Crippen LogP contribution is 2.31. The lowest BCUT2D eigenvalue weighted by Gasteiger charge is -2.34. The van der Waals surface area contributed by atoms with Gasteiger partial charge in [-0.3, -0.25) is 4.79 Å². The van der Waals surface area contributed by atoms with Crippen molar-refractivity contribution in [2.24, 2.45) is 17.6 Å². The number of alkyl halides is 1. The van der Waals surface area contributed by atoms with Crippen molar-refractivity contribution in [1.82, 2.24) is 10.1 Å². The Balaban J connectivity index is 0.000000393. The summed E-state index contributed by atoms with van der Waals surface area (Å²) in [6.45, 7) is 11.2. The van der Waals surface area contributed by atoms with E-state index in [9.17, 15) is 4.79 Å². The summed E-state index contributed by atoms with van der Waals surface area (Å²) in [5.74, 6) is 8.47. The lowest BCUT2D eigenvalue weighted by molar-refractivity contribution is -0.141. The predicted molar refractivity (Wildman–Crippen MR) is 186 cm³/mol. The molecule has 1 amide bonds. The van der Waals surface area contributed by atoms with Crippen LogP contribution in [0.2, 0.25) is 0 Å². The van der Waals surface area contributed by atoms with Crippen LogP contribution in [0.25, 0.3) is 0 Å². The monoisotopic (exact) mass is 724 g/mol. The number of carbonyl (C=O) groups excluding carboxylic acids is 2. The first kappa shape index (κ1) is 39.6. The smallest absolute Gasteiger partial charge is 0.204 e. The lowest BCUT2D eigenvalue weighted by Crippen LogP contribution is -2.39. The number of aromatic nitrogens is 1. The number of primary amides is 1. The minimum atomic E-state index is -0.231. The van der Waals surface area contributed by atoms with E-state index in [2.05, 4.69) is 93.4 Å². The summed E-state index contributed by atoms with van der Waals surface area (Å²) >= 11 is 2.15. The molecule has 44 heavy (non-hydrogen) atoms. The quantitative estimate of drug-likeness (QED) is 0.113. The van der Waals surface area contributed by atoms with Gasteiger partial charge >= 0.3 is 0 Å². The van der Waals surface area contributed by atoms with Crippen LogP contribution in [0.15, 0.2) is 34.9 Å². The Hall–Kier alpha value is -2.46. The summed E-state index contributed by atoms with van der Waals surface area (Å²) < 4.78 is 16.1. The van der Waals surface area contributed by atoms with Crippen LogP contribution in [0.1, 0.15) is 82.1 Å². The van der Waals surface area contributed by atoms with Gasteiger partial charge in [0.05, 0.1) is 5.92 Å². The molecule has 2 aliphatic rings. The number of halogens is 1. The van der Waals surface area contributed by atoms with E-state index in [-0.39, 0.29) is 24.5 Å². The Bertz CT molecular complexity index is 1120. The number of nitrogens with zero attached hydrogens (tertiary/aromatic N) is 3. The number of methoxy groups -OCH3 is 2. The molecule has 2 unspecified atom stereocenters. The minimum absolute atomic E-state index is 0.143. The zero-order valence-corrected chi connectivity index (χ0v) is 30.0. The summed E-state index contributed by atoms with van der Waals surface area (Å²) in [7, 11) is 5.59. The van der Waals surface area contributed by atoms with Crippen molar-refractivity contribution >= 4 is 41.1 Å². The average molecular weight is 725 g/mol. The van der Waals surface area contributed by atoms with Crippen molar-refractivity contribution in [2.45, 2.75) is 77.5 Å². The molecule has 0 radical (unpaired) electrons. The van der Waals surface area contributed by atoms with Crippen LogP contribution in [-0.4, -0.2) is 80.9 Å². The van der Waals surface area contributed by atoms with E-state index in [0.717, 1.165) is 43.6 Å². The van der Waals surface area contributed by atoms with Gasteiger partial charge in [-0.05, 0) is 80.7 Å².